The van der Waals surface area contributed by atoms with Crippen LogP contribution < -0.4 is 4.74 Å². The molecular formula is C25H16N4O3. The van der Waals surface area contributed by atoms with Gasteiger partial charge >= 0.3 is 0 Å². The predicted molar refractivity (Wildman–Crippen MR) is 121 cm³/mol. The number of ether oxygens (including phenoxy) is 1. The lowest BCUT2D eigenvalue weighted by Gasteiger charge is -2.13. The topological polar surface area (TPSA) is 91.0 Å². The van der Waals surface area contributed by atoms with Gasteiger partial charge in [0.05, 0.1) is 21.5 Å². The summed E-state index contributed by atoms with van der Waals surface area (Å²) in [5.41, 5.74) is 2.61. The molecule has 0 N–H and O–H groups in total. The van der Waals surface area contributed by atoms with Gasteiger partial charge in [0.1, 0.15) is 5.75 Å². The summed E-state index contributed by atoms with van der Waals surface area (Å²) >= 11 is 0. The van der Waals surface area contributed by atoms with Gasteiger partial charge in [-0.15, -0.1) is 0 Å². The van der Waals surface area contributed by atoms with Crippen molar-refractivity contribution in [3.63, 3.8) is 0 Å². The molecule has 0 unspecified atom stereocenters. The molecule has 0 bridgehead atoms. The highest BCUT2D eigenvalue weighted by Crippen LogP contribution is 2.37. The second kappa shape index (κ2) is 8.23. The fourth-order valence-electron chi connectivity index (χ4n) is 3.39. The number of nitrogens with zero attached hydrogens (tertiary/aromatic N) is 4. The van der Waals surface area contributed by atoms with Gasteiger partial charge in [-0.05, 0) is 30.3 Å². The summed E-state index contributed by atoms with van der Waals surface area (Å²) in [5, 5.41) is 12.1. The maximum atomic E-state index is 11.4. The molecular weight excluding hydrogens is 404 g/mol. The van der Waals surface area contributed by atoms with Gasteiger partial charge in [0.25, 0.3) is 5.69 Å². The molecule has 0 fully saturated rings. The van der Waals surface area contributed by atoms with E-state index in [-0.39, 0.29) is 5.69 Å². The molecule has 5 rings (SSSR count). The van der Waals surface area contributed by atoms with Crippen molar-refractivity contribution in [1.82, 2.24) is 15.0 Å². The minimum Gasteiger partial charge on any atom is -0.438 e. The number of hydrogen-bond acceptors (Lipinski definition) is 6. The number of non-ortho nitro benzene ring substituents is 1. The van der Waals surface area contributed by atoms with E-state index in [1.54, 1.807) is 24.4 Å². The Kier molecular flexibility index (Phi) is 4.97. The average molecular weight is 420 g/mol. The fraction of sp³-hybridized carbons (Fsp3) is 0. The average Bonchev–Trinajstić information content (AvgIpc) is 2.85. The second-order valence-corrected chi connectivity index (χ2v) is 6.99. The van der Waals surface area contributed by atoms with E-state index in [0.717, 1.165) is 16.5 Å². The van der Waals surface area contributed by atoms with Crippen molar-refractivity contribution in [3.05, 3.63) is 107 Å². The van der Waals surface area contributed by atoms with Crippen LogP contribution in [0.5, 0.6) is 11.6 Å². The van der Waals surface area contributed by atoms with E-state index < -0.39 is 4.92 Å². The third kappa shape index (κ3) is 3.75. The molecule has 0 aliphatic carbocycles. The summed E-state index contributed by atoms with van der Waals surface area (Å²) in [5.74, 6) is 1.30. The number of nitro benzene ring substituents is 1. The monoisotopic (exact) mass is 420 g/mol. The third-order valence-corrected chi connectivity index (χ3v) is 4.92. The molecule has 3 aromatic carbocycles. The Bertz CT molecular complexity index is 1420. The minimum absolute atomic E-state index is 0.0458. The van der Waals surface area contributed by atoms with Gasteiger partial charge in [-0.3, -0.25) is 15.1 Å². The molecule has 0 aliphatic heterocycles. The van der Waals surface area contributed by atoms with Crippen LogP contribution in [0.3, 0.4) is 0 Å². The number of fused-ring (bicyclic) bond motifs is 1. The highest BCUT2D eigenvalue weighted by Gasteiger charge is 2.17. The molecule has 32 heavy (non-hydrogen) atoms. The van der Waals surface area contributed by atoms with Crippen LogP contribution in [0.15, 0.2) is 97.2 Å². The molecule has 0 aliphatic rings. The number of nitro groups is 1. The highest BCUT2D eigenvalue weighted by atomic mass is 16.6. The SMILES string of the molecule is O=[N+]([O-])c1ccc(Oc2nc(-c3ccccc3)nc3ccccc23)c(-c2ccccn2)c1. The second-order valence-electron chi connectivity index (χ2n) is 6.99. The number of aromatic nitrogens is 3. The molecule has 0 saturated carbocycles. The Morgan fingerprint density at radius 2 is 1.59 bits per heavy atom. The van der Waals surface area contributed by atoms with Crippen molar-refractivity contribution in [3.8, 4) is 34.3 Å². The predicted octanol–water partition coefficient (Wildman–Crippen LogP) is 6.06. The van der Waals surface area contributed by atoms with Crippen molar-refractivity contribution in [1.29, 1.82) is 0 Å². The molecule has 0 amide bonds. The Balaban J connectivity index is 1.67. The summed E-state index contributed by atoms with van der Waals surface area (Å²) in [4.78, 5) is 24.6. The van der Waals surface area contributed by atoms with Gasteiger partial charge in [-0.25, -0.2) is 4.98 Å². The Morgan fingerprint density at radius 1 is 0.812 bits per heavy atom. The molecule has 0 radical (unpaired) electrons. The van der Waals surface area contributed by atoms with Gasteiger partial charge in [-0.2, -0.15) is 4.98 Å². The van der Waals surface area contributed by atoms with Crippen LogP contribution in [0, 0.1) is 10.1 Å². The van der Waals surface area contributed by atoms with E-state index in [2.05, 4.69) is 15.0 Å². The molecule has 154 valence electrons. The molecule has 0 saturated heterocycles. The maximum Gasteiger partial charge on any atom is 0.270 e. The van der Waals surface area contributed by atoms with E-state index in [4.69, 9.17) is 4.74 Å². The number of hydrogen-bond donors (Lipinski definition) is 0. The van der Waals surface area contributed by atoms with Crippen molar-refractivity contribution in [2.75, 3.05) is 0 Å². The molecule has 2 heterocycles. The van der Waals surface area contributed by atoms with E-state index in [1.807, 2.05) is 60.7 Å². The summed E-state index contributed by atoms with van der Waals surface area (Å²) in [6.07, 6.45) is 1.63. The number of rotatable bonds is 5. The molecule has 7 heteroatoms. The van der Waals surface area contributed by atoms with Gasteiger partial charge in [-0.1, -0.05) is 48.5 Å². The minimum atomic E-state index is -0.441. The first-order valence-corrected chi connectivity index (χ1v) is 9.89. The van der Waals surface area contributed by atoms with Crippen molar-refractivity contribution in [2.45, 2.75) is 0 Å². The normalized spacial score (nSPS) is 10.8. The first-order valence-electron chi connectivity index (χ1n) is 9.89. The Labute approximate surface area is 183 Å². The zero-order valence-corrected chi connectivity index (χ0v) is 16.8. The van der Waals surface area contributed by atoms with Crippen molar-refractivity contribution < 1.29 is 9.66 Å². The molecule has 0 spiro atoms. The summed E-state index contributed by atoms with van der Waals surface area (Å²) in [6, 6.07) is 27.0. The highest BCUT2D eigenvalue weighted by molar-refractivity contribution is 5.86. The first-order chi connectivity index (χ1) is 15.7. The van der Waals surface area contributed by atoms with Crippen LogP contribution in [-0.2, 0) is 0 Å². The van der Waals surface area contributed by atoms with Gasteiger partial charge in [0.2, 0.25) is 5.88 Å². The maximum absolute atomic E-state index is 11.4. The Hall–Kier alpha value is -4.65. The quantitative estimate of drug-likeness (QED) is 0.254. The number of benzene rings is 3. The van der Waals surface area contributed by atoms with Crippen LogP contribution >= 0.6 is 0 Å². The van der Waals surface area contributed by atoms with Crippen LogP contribution in [0.25, 0.3) is 33.5 Å². The molecule has 2 aromatic heterocycles. The lowest BCUT2D eigenvalue weighted by Crippen LogP contribution is -1.98. The Morgan fingerprint density at radius 3 is 2.38 bits per heavy atom. The summed E-state index contributed by atoms with van der Waals surface area (Å²) in [6.45, 7) is 0. The van der Waals surface area contributed by atoms with Crippen LogP contribution in [0.4, 0.5) is 5.69 Å². The van der Waals surface area contributed by atoms with E-state index in [9.17, 15) is 10.1 Å². The number of para-hydroxylation sites is 1. The lowest BCUT2D eigenvalue weighted by atomic mass is 10.1. The van der Waals surface area contributed by atoms with Crippen LogP contribution in [-0.4, -0.2) is 19.9 Å². The molecule has 5 aromatic rings. The van der Waals surface area contributed by atoms with Crippen molar-refractivity contribution >= 4 is 16.6 Å². The summed E-state index contributed by atoms with van der Waals surface area (Å²) in [7, 11) is 0. The first kappa shape index (κ1) is 19.3. The number of pyridine rings is 1. The molecule has 7 nitrogen and oxygen atoms in total. The summed E-state index contributed by atoms with van der Waals surface area (Å²) < 4.78 is 6.26. The van der Waals surface area contributed by atoms with Gasteiger partial charge in [0.15, 0.2) is 5.82 Å². The third-order valence-electron chi connectivity index (χ3n) is 4.92. The molecule has 0 atom stereocenters. The smallest absolute Gasteiger partial charge is 0.270 e. The van der Waals surface area contributed by atoms with Gasteiger partial charge in [0, 0.05) is 29.5 Å². The zero-order valence-electron chi connectivity index (χ0n) is 16.8. The van der Waals surface area contributed by atoms with E-state index >= 15 is 0 Å². The standard InChI is InChI=1S/C25H16N4O3/c30-29(31)18-13-14-23(20(16-18)21-11-6-7-15-26-21)32-25-19-10-4-5-12-22(19)27-24(28-25)17-8-2-1-3-9-17/h1-16H. The van der Waals surface area contributed by atoms with Crippen LogP contribution in [0.1, 0.15) is 0 Å². The lowest BCUT2D eigenvalue weighted by molar-refractivity contribution is -0.384. The largest absolute Gasteiger partial charge is 0.438 e. The van der Waals surface area contributed by atoms with Crippen LogP contribution in [0.2, 0.25) is 0 Å². The van der Waals surface area contributed by atoms with E-state index in [0.29, 0.717) is 28.7 Å². The fourth-order valence-corrected chi connectivity index (χ4v) is 3.39. The van der Waals surface area contributed by atoms with Gasteiger partial charge < -0.3 is 4.74 Å². The van der Waals surface area contributed by atoms with Crippen molar-refractivity contribution in [2.24, 2.45) is 0 Å². The zero-order chi connectivity index (χ0) is 21.9. The van der Waals surface area contributed by atoms with E-state index in [1.165, 1.54) is 12.1 Å².